The van der Waals surface area contributed by atoms with Crippen LogP contribution < -0.4 is 20.4 Å². The Morgan fingerprint density at radius 2 is 0.615 bits per heavy atom. The maximum absolute atomic E-state index is 8.93. The van der Waals surface area contributed by atoms with Crippen LogP contribution in [0.25, 0.3) is 0 Å². The zero-order chi connectivity index (χ0) is 10.3. The van der Waals surface area contributed by atoms with Gasteiger partial charge in [-0.05, 0) is 0 Å². The van der Waals surface area contributed by atoms with Crippen LogP contribution in [0.5, 0.6) is 0 Å². The second kappa shape index (κ2) is 7.98. The van der Waals surface area contributed by atoms with Gasteiger partial charge in [-0.1, -0.05) is 0 Å². The van der Waals surface area contributed by atoms with Crippen LogP contribution in [0, 0.1) is 7.43 Å². The summed E-state index contributed by atoms with van der Waals surface area (Å²) in [5.41, 5.74) is 0. The first-order chi connectivity index (χ1) is 5.29. The van der Waals surface area contributed by atoms with E-state index in [2.05, 4.69) is 0 Å². The fourth-order valence-corrected chi connectivity index (χ4v) is 0. The minimum Gasteiger partial charge on any atom is -0.543 e. The molecular weight excluding hydrogens is 188 g/mol. The summed E-state index contributed by atoms with van der Waals surface area (Å²) in [7, 11) is 0. The van der Waals surface area contributed by atoms with Gasteiger partial charge in [0, 0.05) is 0 Å². The molecular formula is C5O8. The summed E-state index contributed by atoms with van der Waals surface area (Å²) in [4.78, 5) is 35.7. The predicted octanol–water partition coefficient (Wildman–Crippen LogP) is -6.95. The Balaban J connectivity index is -0.000000143. The van der Waals surface area contributed by atoms with Crippen LogP contribution in [-0.2, 0) is 19.2 Å². The van der Waals surface area contributed by atoms with Crippen molar-refractivity contribution in [1.82, 2.24) is 0 Å². The molecule has 0 bridgehead atoms. The largest absolute Gasteiger partial charge is 4.00 e. The van der Waals surface area contributed by atoms with E-state index >= 15 is 0 Å². The maximum Gasteiger partial charge on any atom is 4.00 e. The van der Waals surface area contributed by atoms with Gasteiger partial charge in [-0.2, -0.15) is 0 Å². The van der Waals surface area contributed by atoms with Crippen LogP contribution in [0.2, 0.25) is 0 Å². The van der Waals surface area contributed by atoms with E-state index in [4.69, 9.17) is 39.6 Å². The van der Waals surface area contributed by atoms with E-state index in [1.807, 2.05) is 0 Å². The molecule has 0 atom stereocenters. The Kier molecular flexibility index (Phi) is 10.5. The standard InChI is InChI=1S/2C2H2O4.C/c2*3-1(4)2(5)6;/h2*(H,3,4)(H,5,6);/q;;+4/p-4. The van der Waals surface area contributed by atoms with E-state index in [9.17, 15) is 0 Å². The molecule has 0 aromatic heterocycles. The van der Waals surface area contributed by atoms with Crippen LogP contribution in [0.1, 0.15) is 0 Å². The van der Waals surface area contributed by atoms with Gasteiger partial charge in [-0.25, -0.2) is 0 Å². The summed E-state index contributed by atoms with van der Waals surface area (Å²) in [6, 6.07) is 0. The summed E-state index contributed by atoms with van der Waals surface area (Å²) < 4.78 is 0. The zero-order valence-corrected chi connectivity index (χ0v) is 5.77. The van der Waals surface area contributed by atoms with E-state index in [1.54, 1.807) is 0 Å². The third kappa shape index (κ3) is 17.7. The number of carbonyl (C=O) groups is 4. The van der Waals surface area contributed by atoms with E-state index in [-0.39, 0.29) is 7.43 Å². The zero-order valence-electron chi connectivity index (χ0n) is 5.77. The number of hydrogen-bond donors (Lipinski definition) is 0. The summed E-state index contributed by atoms with van der Waals surface area (Å²) >= 11 is 0. The minimum absolute atomic E-state index is 0. The van der Waals surface area contributed by atoms with Gasteiger partial charge < -0.3 is 39.6 Å². The molecule has 0 saturated carbocycles. The molecule has 8 heteroatoms. The minimum atomic E-state index is -2.19. The van der Waals surface area contributed by atoms with Crippen LogP contribution in [-0.4, -0.2) is 23.9 Å². The van der Waals surface area contributed by atoms with E-state index in [1.165, 1.54) is 0 Å². The van der Waals surface area contributed by atoms with Gasteiger partial charge in [0.2, 0.25) is 0 Å². The molecule has 0 radical (unpaired) electrons. The second-order valence-corrected chi connectivity index (χ2v) is 1.15. The molecule has 0 fully saturated rings. The fraction of sp³-hybridized carbons (Fsp3) is 0. The molecule has 0 aliphatic carbocycles. The first-order valence-corrected chi connectivity index (χ1v) is 2.13. The molecule has 13 heavy (non-hydrogen) atoms. The Bertz CT molecular complexity index is 169. The van der Waals surface area contributed by atoms with Gasteiger partial charge in [-0.3, -0.25) is 0 Å². The molecule has 0 saturated heterocycles. The molecule has 68 valence electrons. The van der Waals surface area contributed by atoms with Crippen molar-refractivity contribution in [3.8, 4) is 0 Å². The summed E-state index contributed by atoms with van der Waals surface area (Å²) in [6.07, 6.45) is 0. The smallest absolute Gasteiger partial charge is 0.543 e. The molecule has 0 unspecified atom stereocenters. The molecule has 0 aliphatic rings. The van der Waals surface area contributed by atoms with Gasteiger partial charge in [-0.15, -0.1) is 0 Å². The molecule has 0 aromatic carbocycles. The van der Waals surface area contributed by atoms with Crippen molar-refractivity contribution < 1.29 is 39.6 Å². The Hall–Kier alpha value is -2.12. The van der Waals surface area contributed by atoms with Gasteiger partial charge in [0.1, 0.15) is 0 Å². The molecule has 0 aromatic rings. The number of hydrogen-bond acceptors (Lipinski definition) is 8. The van der Waals surface area contributed by atoms with Crippen molar-refractivity contribution in [2.75, 3.05) is 0 Å². The average molecular weight is 188 g/mol. The van der Waals surface area contributed by atoms with Crippen LogP contribution in [0.3, 0.4) is 0 Å². The predicted molar refractivity (Wildman–Crippen MR) is 23.3 cm³/mol. The normalized spacial score (nSPS) is 6.77. The topological polar surface area (TPSA) is 161 Å². The maximum atomic E-state index is 8.93. The van der Waals surface area contributed by atoms with Gasteiger partial charge in [0.15, 0.2) is 0 Å². The Morgan fingerprint density at radius 1 is 0.538 bits per heavy atom. The number of carboxylic acid groups (broad SMARTS) is 4. The summed E-state index contributed by atoms with van der Waals surface area (Å²) in [6.45, 7) is 0. The van der Waals surface area contributed by atoms with Crippen molar-refractivity contribution in [2.24, 2.45) is 0 Å². The van der Waals surface area contributed by atoms with Crippen LogP contribution in [0.4, 0.5) is 0 Å². The van der Waals surface area contributed by atoms with Crippen molar-refractivity contribution in [2.45, 2.75) is 0 Å². The molecule has 0 amide bonds. The third-order valence-corrected chi connectivity index (χ3v) is 0.333. The number of carbonyl (C=O) groups excluding carboxylic acids is 4. The number of aliphatic carboxylic acids is 4. The van der Waals surface area contributed by atoms with Gasteiger partial charge in [0.25, 0.3) is 0 Å². The quantitative estimate of drug-likeness (QED) is 0.338. The summed E-state index contributed by atoms with van der Waals surface area (Å²) in [5.74, 6) is -8.74. The van der Waals surface area contributed by atoms with E-state index in [0.717, 1.165) is 0 Å². The fourth-order valence-electron chi connectivity index (χ4n) is 0. The Morgan fingerprint density at radius 3 is 0.615 bits per heavy atom. The molecule has 0 N–H and O–H groups in total. The Labute approximate surface area is 72.0 Å². The molecule has 0 spiro atoms. The molecule has 8 nitrogen and oxygen atoms in total. The molecule has 0 heterocycles. The van der Waals surface area contributed by atoms with Crippen molar-refractivity contribution in [3.63, 3.8) is 0 Å². The SMILES string of the molecule is O=C([O-])C(=O)[O-].O=C([O-])C(=O)[O-].[C+4]. The monoisotopic (exact) mass is 188 g/mol. The average Bonchev–Trinajstić information content (AvgIpc) is 1.88. The van der Waals surface area contributed by atoms with E-state index in [0.29, 0.717) is 0 Å². The molecule has 0 aliphatic heterocycles. The van der Waals surface area contributed by atoms with Crippen molar-refractivity contribution in [3.05, 3.63) is 7.43 Å². The van der Waals surface area contributed by atoms with Crippen LogP contribution >= 0.6 is 0 Å². The van der Waals surface area contributed by atoms with Gasteiger partial charge in [0.05, 0.1) is 23.9 Å². The first kappa shape index (κ1) is 17.1. The van der Waals surface area contributed by atoms with E-state index < -0.39 is 23.9 Å². The van der Waals surface area contributed by atoms with Gasteiger partial charge >= 0.3 is 7.43 Å². The third-order valence-electron chi connectivity index (χ3n) is 0.333. The molecule has 0 rings (SSSR count). The first-order valence-electron chi connectivity index (χ1n) is 2.13. The number of rotatable bonds is 0. The summed E-state index contributed by atoms with van der Waals surface area (Å²) in [5, 5.41) is 35.7. The van der Waals surface area contributed by atoms with Crippen molar-refractivity contribution >= 4 is 23.9 Å². The number of carboxylic acids is 4. The second-order valence-electron chi connectivity index (χ2n) is 1.15. The van der Waals surface area contributed by atoms with Crippen LogP contribution in [0.15, 0.2) is 0 Å². The van der Waals surface area contributed by atoms with Crippen molar-refractivity contribution in [1.29, 1.82) is 0 Å².